The fourth-order valence-corrected chi connectivity index (χ4v) is 3.55. The minimum absolute atomic E-state index is 1.29. The van der Waals surface area contributed by atoms with Crippen LogP contribution in [0.25, 0.3) is 10.1 Å². The summed E-state index contributed by atoms with van der Waals surface area (Å²) in [6.45, 7) is 2.22. The summed E-state index contributed by atoms with van der Waals surface area (Å²) in [6.07, 6.45) is 6.74. The highest BCUT2D eigenvalue weighted by atomic mass is 32.1. The second-order valence-electron chi connectivity index (χ2n) is 4.60. The fraction of sp³-hybridized carbons (Fsp3) is 0.429. The molecule has 2 aromatic rings. The van der Waals surface area contributed by atoms with Crippen LogP contribution in [0.5, 0.6) is 0 Å². The predicted molar refractivity (Wildman–Crippen MR) is 67.8 cm³/mol. The maximum atomic E-state index is 2.45. The van der Waals surface area contributed by atoms with Gasteiger partial charge in [-0.15, -0.1) is 11.3 Å². The van der Waals surface area contributed by atoms with E-state index < -0.39 is 0 Å². The van der Waals surface area contributed by atoms with Gasteiger partial charge in [0.2, 0.25) is 0 Å². The third-order valence-electron chi connectivity index (χ3n) is 3.48. The van der Waals surface area contributed by atoms with Crippen LogP contribution in [0.3, 0.4) is 0 Å². The highest BCUT2D eigenvalue weighted by Gasteiger charge is 2.10. The van der Waals surface area contributed by atoms with Crippen LogP contribution >= 0.6 is 11.3 Å². The molecule has 3 rings (SSSR count). The highest BCUT2D eigenvalue weighted by molar-refractivity contribution is 7.17. The second kappa shape index (κ2) is 3.64. The number of hydrogen-bond acceptors (Lipinski definition) is 1. The molecule has 0 saturated carbocycles. The van der Waals surface area contributed by atoms with Crippen LogP contribution in [0.4, 0.5) is 0 Å². The predicted octanol–water partition coefficient (Wildman–Crippen LogP) is 4.48. The first kappa shape index (κ1) is 9.41. The lowest BCUT2D eigenvalue weighted by Crippen LogP contribution is -1.90. The molecular formula is C14H16S. The van der Waals surface area contributed by atoms with Crippen LogP contribution < -0.4 is 0 Å². The van der Waals surface area contributed by atoms with E-state index in [0.29, 0.717) is 0 Å². The van der Waals surface area contributed by atoms with Crippen molar-refractivity contribution in [1.29, 1.82) is 0 Å². The summed E-state index contributed by atoms with van der Waals surface area (Å²) in [6, 6.07) is 4.88. The molecule has 0 fully saturated rings. The molecule has 0 saturated heterocycles. The Bertz CT molecular complexity index is 493. The molecule has 15 heavy (non-hydrogen) atoms. The second-order valence-corrected chi connectivity index (χ2v) is 5.51. The topological polar surface area (TPSA) is 0 Å². The molecular weight excluding hydrogens is 200 g/mol. The molecule has 1 aliphatic carbocycles. The van der Waals surface area contributed by atoms with Gasteiger partial charge < -0.3 is 0 Å². The summed E-state index contributed by atoms with van der Waals surface area (Å²) in [7, 11) is 0. The van der Waals surface area contributed by atoms with E-state index in [2.05, 4.69) is 24.4 Å². The van der Waals surface area contributed by atoms with E-state index in [-0.39, 0.29) is 0 Å². The Morgan fingerprint density at radius 2 is 1.73 bits per heavy atom. The molecule has 0 amide bonds. The van der Waals surface area contributed by atoms with Crippen molar-refractivity contribution in [2.24, 2.45) is 0 Å². The van der Waals surface area contributed by atoms with Crippen LogP contribution in [0.1, 0.15) is 36.0 Å². The molecule has 1 aromatic carbocycles. The molecule has 0 aliphatic heterocycles. The Morgan fingerprint density at radius 3 is 2.53 bits per heavy atom. The summed E-state index contributed by atoms with van der Waals surface area (Å²) >= 11 is 1.89. The van der Waals surface area contributed by atoms with Gasteiger partial charge in [-0.05, 0) is 72.2 Å². The van der Waals surface area contributed by atoms with Gasteiger partial charge >= 0.3 is 0 Å². The van der Waals surface area contributed by atoms with E-state index in [1.807, 2.05) is 11.3 Å². The summed E-state index contributed by atoms with van der Waals surface area (Å²) in [4.78, 5) is 0. The van der Waals surface area contributed by atoms with Crippen LogP contribution in [0.15, 0.2) is 17.5 Å². The van der Waals surface area contributed by atoms with Gasteiger partial charge in [0.05, 0.1) is 0 Å². The van der Waals surface area contributed by atoms with Gasteiger partial charge in [-0.3, -0.25) is 0 Å². The van der Waals surface area contributed by atoms with Crippen molar-refractivity contribution >= 4 is 21.4 Å². The standard InChI is InChI=1S/C14H16S/c1-10-9-15-14-8-12-6-4-2-3-5-11(12)7-13(10)14/h7-9H,2-6H2,1H3. The normalized spacial score (nSPS) is 16.3. The van der Waals surface area contributed by atoms with Gasteiger partial charge in [-0.1, -0.05) is 6.42 Å². The van der Waals surface area contributed by atoms with E-state index in [4.69, 9.17) is 0 Å². The molecule has 0 spiro atoms. The number of hydrogen-bond donors (Lipinski definition) is 0. The van der Waals surface area contributed by atoms with Crippen molar-refractivity contribution in [3.05, 3.63) is 34.2 Å². The molecule has 0 N–H and O–H groups in total. The number of rotatable bonds is 0. The third kappa shape index (κ3) is 1.59. The SMILES string of the molecule is Cc1csc2cc3c(cc12)CCCCC3. The minimum atomic E-state index is 1.29. The minimum Gasteiger partial charge on any atom is -0.144 e. The van der Waals surface area contributed by atoms with E-state index >= 15 is 0 Å². The van der Waals surface area contributed by atoms with Crippen molar-refractivity contribution < 1.29 is 0 Å². The van der Waals surface area contributed by atoms with Gasteiger partial charge in [0, 0.05) is 4.70 Å². The zero-order valence-corrected chi connectivity index (χ0v) is 9.99. The summed E-state index contributed by atoms with van der Waals surface area (Å²) in [5.74, 6) is 0. The highest BCUT2D eigenvalue weighted by Crippen LogP contribution is 2.31. The van der Waals surface area contributed by atoms with Crippen molar-refractivity contribution in [2.45, 2.75) is 39.0 Å². The van der Waals surface area contributed by atoms with Crippen LogP contribution in [-0.2, 0) is 12.8 Å². The van der Waals surface area contributed by atoms with E-state index in [9.17, 15) is 0 Å². The lowest BCUT2D eigenvalue weighted by Gasteiger charge is -2.05. The molecule has 0 unspecified atom stereocenters. The molecule has 1 heteroatoms. The van der Waals surface area contributed by atoms with Crippen LogP contribution in [0, 0.1) is 6.92 Å². The number of benzene rings is 1. The summed E-state index contributed by atoms with van der Waals surface area (Å²) in [5.41, 5.74) is 4.67. The average molecular weight is 216 g/mol. The zero-order chi connectivity index (χ0) is 10.3. The Labute approximate surface area is 94.9 Å². The monoisotopic (exact) mass is 216 g/mol. The van der Waals surface area contributed by atoms with Gasteiger partial charge in [0.25, 0.3) is 0 Å². The molecule has 0 radical (unpaired) electrons. The summed E-state index contributed by atoms with van der Waals surface area (Å²) in [5, 5.41) is 3.77. The van der Waals surface area contributed by atoms with E-state index in [0.717, 1.165) is 0 Å². The number of fused-ring (bicyclic) bond motifs is 2. The lowest BCUT2D eigenvalue weighted by molar-refractivity contribution is 0.712. The Balaban J connectivity index is 2.22. The fourth-order valence-electron chi connectivity index (χ4n) is 2.56. The smallest absolute Gasteiger partial charge is 0.0348 e. The van der Waals surface area contributed by atoms with Crippen molar-refractivity contribution in [3.63, 3.8) is 0 Å². The van der Waals surface area contributed by atoms with Crippen molar-refractivity contribution in [3.8, 4) is 0 Å². The molecule has 0 bridgehead atoms. The molecule has 0 atom stereocenters. The van der Waals surface area contributed by atoms with E-state index in [1.54, 1.807) is 11.1 Å². The zero-order valence-electron chi connectivity index (χ0n) is 9.18. The average Bonchev–Trinajstić information content (AvgIpc) is 2.49. The molecule has 1 aliphatic rings. The van der Waals surface area contributed by atoms with Gasteiger partial charge in [0.15, 0.2) is 0 Å². The molecule has 0 nitrogen and oxygen atoms in total. The quantitative estimate of drug-likeness (QED) is 0.570. The summed E-state index contributed by atoms with van der Waals surface area (Å²) < 4.78 is 1.48. The van der Waals surface area contributed by atoms with E-state index in [1.165, 1.54) is 47.8 Å². The van der Waals surface area contributed by atoms with Crippen molar-refractivity contribution in [1.82, 2.24) is 0 Å². The number of aryl methyl sites for hydroxylation is 3. The first-order valence-electron chi connectivity index (χ1n) is 5.84. The Morgan fingerprint density at radius 1 is 1.00 bits per heavy atom. The van der Waals surface area contributed by atoms with Crippen LogP contribution in [-0.4, -0.2) is 0 Å². The third-order valence-corrected chi connectivity index (χ3v) is 4.54. The van der Waals surface area contributed by atoms with Gasteiger partial charge in [-0.25, -0.2) is 0 Å². The van der Waals surface area contributed by atoms with Gasteiger partial charge in [0.1, 0.15) is 0 Å². The first-order valence-corrected chi connectivity index (χ1v) is 6.72. The largest absolute Gasteiger partial charge is 0.144 e. The van der Waals surface area contributed by atoms with Gasteiger partial charge in [-0.2, -0.15) is 0 Å². The van der Waals surface area contributed by atoms with Crippen molar-refractivity contribution in [2.75, 3.05) is 0 Å². The first-order chi connectivity index (χ1) is 7.34. The Kier molecular flexibility index (Phi) is 2.28. The molecule has 78 valence electrons. The Hall–Kier alpha value is -0.820. The molecule has 1 heterocycles. The lowest BCUT2D eigenvalue weighted by atomic mass is 10.0. The maximum absolute atomic E-state index is 2.45. The molecule has 1 aromatic heterocycles. The number of thiophene rings is 1. The maximum Gasteiger partial charge on any atom is 0.0348 e. The van der Waals surface area contributed by atoms with Crippen LogP contribution in [0.2, 0.25) is 0 Å².